The fourth-order valence-electron chi connectivity index (χ4n) is 3.15. The summed E-state index contributed by atoms with van der Waals surface area (Å²) in [5, 5.41) is 13.0. The summed E-state index contributed by atoms with van der Waals surface area (Å²) in [4.78, 5) is 37.0. The van der Waals surface area contributed by atoms with Gasteiger partial charge in [0.15, 0.2) is 6.61 Å². The summed E-state index contributed by atoms with van der Waals surface area (Å²) in [5.41, 5.74) is 1.04. The van der Waals surface area contributed by atoms with Crippen molar-refractivity contribution in [3.8, 4) is 0 Å². The minimum absolute atomic E-state index is 0.0308. The maximum Gasteiger partial charge on any atom is 0.338 e. The molecule has 7 heteroatoms. The van der Waals surface area contributed by atoms with Crippen LogP contribution in [-0.2, 0) is 9.53 Å². The van der Waals surface area contributed by atoms with Gasteiger partial charge < -0.3 is 9.64 Å². The van der Waals surface area contributed by atoms with Crippen LogP contribution in [0.3, 0.4) is 0 Å². The fourth-order valence-corrected chi connectivity index (χ4v) is 3.15. The van der Waals surface area contributed by atoms with Crippen LogP contribution in [0.4, 0.5) is 11.4 Å². The van der Waals surface area contributed by atoms with Gasteiger partial charge in [0.1, 0.15) is 0 Å². The van der Waals surface area contributed by atoms with E-state index in [9.17, 15) is 19.7 Å². The number of nitrogens with zero attached hydrogens (tertiary/aromatic N) is 2. The Hall–Kier alpha value is -3.74. The first-order valence-corrected chi connectivity index (χ1v) is 9.12. The van der Waals surface area contributed by atoms with Crippen molar-refractivity contribution in [2.45, 2.75) is 13.8 Å². The maximum atomic E-state index is 12.7. The number of rotatable bonds is 6. The van der Waals surface area contributed by atoms with Crippen molar-refractivity contribution < 1.29 is 19.2 Å². The summed E-state index contributed by atoms with van der Waals surface area (Å²) < 4.78 is 5.13. The number of nitro groups is 1. The first-order chi connectivity index (χ1) is 13.9. The van der Waals surface area contributed by atoms with Crippen molar-refractivity contribution in [3.05, 3.63) is 81.9 Å². The third-order valence-electron chi connectivity index (χ3n) is 4.64. The van der Waals surface area contributed by atoms with Gasteiger partial charge in [-0.3, -0.25) is 14.9 Å². The Morgan fingerprint density at radius 2 is 1.79 bits per heavy atom. The molecule has 148 valence electrons. The smallest absolute Gasteiger partial charge is 0.338 e. The molecule has 0 bridgehead atoms. The molecule has 0 spiro atoms. The summed E-state index contributed by atoms with van der Waals surface area (Å²) in [7, 11) is 0. The second kappa shape index (κ2) is 8.52. The Balaban J connectivity index is 1.76. The van der Waals surface area contributed by atoms with Gasteiger partial charge in [-0.1, -0.05) is 42.5 Å². The topological polar surface area (TPSA) is 89.8 Å². The highest BCUT2D eigenvalue weighted by atomic mass is 16.6. The number of nitro benzene ring substituents is 1. The van der Waals surface area contributed by atoms with E-state index in [1.165, 1.54) is 12.1 Å². The van der Waals surface area contributed by atoms with Crippen LogP contribution in [0.5, 0.6) is 0 Å². The Bertz CT molecular complexity index is 1090. The number of hydrogen-bond acceptors (Lipinski definition) is 5. The van der Waals surface area contributed by atoms with Gasteiger partial charge in [0.05, 0.1) is 16.2 Å². The van der Waals surface area contributed by atoms with Crippen LogP contribution in [-0.4, -0.2) is 30.0 Å². The van der Waals surface area contributed by atoms with Gasteiger partial charge >= 0.3 is 5.97 Å². The van der Waals surface area contributed by atoms with Crippen molar-refractivity contribution in [3.63, 3.8) is 0 Å². The number of carbonyl (C=O) groups is 2. The minimum atomic E-state index is -0.782. The number of aryl methyl sites for hydroxylation is 1. The summed E-state index contributed by atoms with van der Waals surface area (Å²) in [6.07, 6.45) is 0. The molecule has 3 rings (SSSR count). The molecule has 0 aliphatic carbocycles. The molecule has 1 amide bonds. The van der Waals surface area contributed by atoms with Crippen LogP contribution in [0.2, 0.25) is 0 Å². The first kappa shape index (κ1) is 20.0. The molecule has 0 N–H and O–H groups in total. The molecule has 29 heavy (non-hydrogen) atoms. The number of carbonyl (C=O) groups excluding carboxylic acids is 2. The predicted octanol–water partition coefficient (Wildman–Crippen LogP) is 4.27. The van der Waals surface area contributed by atoms with Gasteiger partial charge in [-0.15, -0.1) is 0 Å². The number of esters is 1. The van der Waals surface area contributed by atoms with E-state index >= 15 is 0 Å². The molecule has 0 unspecified atom stereocenters. The van der Waals surface area contributed by atoms with E-state index in [0.29, 0.717) is 12.1 Å². The molecule has 7 nitrogen and oxygen atoms in total. The Morgan fingerprint density at radius 3 is 2.52 bits per heavy atom. The number of hydrogen-bond donors (Lipinski definition) is 0. The lowest BCUT2D eigenvalue weighted by Gasteiger charge is -2.22. The van der Waals surface area contributed by atoms with E-state index in [2.05, 4.69) is 0 Å². The van der Waals surface area contributed by atoms with Crippen molar-refractivity contribution >= 4 is 34.0 Å². The van der Waals surface area contributed by atoms with E-state index in [4.69, 9.17) is 4.74 Å². The van der Waals surface area contributed by atoms with Crippen LogP contribution in [0.25, 0.3) is 10.8 Å². The predicted molar refractivity (Wildman–Crippen MR) is 110 cm³/mol. The molecule has 0 heterocycles. The van der Waals surface area contributed by atoms with Crippen LogP contribution in [0.1, 0.15) is 22.8 Å². The lowest BCUT2D eigenvalue weighted by molar-refractivity contribution is -0.385. The van der Waals surface area contributed by atoms with E-state index in [-0.39, 0.29) is 17.2 Å². The van der Waals surface area contributed by atoms with Crippen LogP contribution < -0.4 is 4.90 Å². The molecule has 0 radical (unpaired) electrons. The van der Waals surface area contributed by atoms with Crippen molar-refractivity contribution in [1.82, 2.24) is 0 Å². The van der Waals surface area contributed by atoms with E-state index in [0.717, 1.165) is 22.5 Å². The lowest BCUT2D eigenvalue weighted by atomic mass is 10.1. The number of amides is 1. The second-order valence-corrected chi connectivity index (χ2v) is 6.47. The van der Waals surface area contributed by atoms with Gasteiger partial charge in [0.25, 0.3) is 11.6 Å². The third-order valence-corrected chi connectivity index (χ3v) is 4.64. The van der Waals surface area contributed by atoms with Gasteiger partial charge in [-0.05, 0) is 31.4 Å². The van der Waals surface area contributed by atoms with Gasteiger partial charge in [0, 0.05) is 23.6 Å². The number of likely N-dealkylation sites (N-methyl/N-ethyl adjacent to an activating group) is 1. The van der Waals surface area contributed by atoms with Gasteiger partial charge in [-0.2, -0.15) is 0 Å². The first-order valence-electron chi connectivity index (χ1n) is 9.12. The summed E-state index contributed by atoms with van der Waals surface area (Å²) in [5.74, 6) is -1.16. The van der Waals surface area contributed by atoms with Gasteiger partial charge in [0.2, 0.25) is 0 Å². The lowest BCUT2D eigenvalue weighted by Crippen LogP contribution is -2.34. The second-order valence-electron chi connectivity index (χ2n) is 6.47. The summed E-state index contributed by atoms with van der Waals surface area (Å²) in [6.45, 7) is 3.36. The maximum absolute atomic E-state index is 12.7. The van der Waals surface area contributed by atoms with Gasteiger partial charge in [-0.25, -0.2) is 4.79 Å². The summed E-state index contributed by atoms with van der Waals surface area (Å²) in [6, 6.07) is 17.5. The molecule has 0 fully saturated rings. The fraction of sp³-hybridized carbons (Fsp3) is 0.182. The van der Waals surface area contributed by atoms with Crippen LogP contribution in [0, 0.1) is 17.0 Å². The highest BCUT2D eigenvalue weighted by Crippen LogP contribution is 2.27. The number of anilines is 1. The molecule has 0 saturated heterocycles. The molecule has 0 aliphatic heterocycles. The van der Waals surface area contributed by atoms with E-state index < -0.39 is 17.5 Å². The Kier molecular flexibility index (Phi) is 5.87. The SMILES string of the molecule is CCN(C(=O)COC(=O)c1ccc(C)c([N+](=O)[O-])c1)c1cccc2ccccc12. The zero-order valence-electron chi connectivity index (χ0n) is 16.1. The Morgan fingerprint density at radius 1 is 1.07 bits per heavy atom. The normalized spacial score (nSPS) is 10.6. The molecule has 0 aliphatic rings. The Labute approximate surface area is 167 Å². The average Bonchev–Trinajstić information content (AvgIpc) is 2.72. The zero-order valence-corrected chi connectivity index (χ0v) is 16.1. The molecule has 0 saturated carbocycles. The molecule has 3 aromatic carbocycles. The van der Waals surface area contributed by atoms with E-state index in [1.807, 2.05) is 49.4 Å². The molecule has 0 aromatic heterocycles. The average molecular weight is 392 g/mol. The molecule has 3 aromatic rings. The largest absolute Gasteiger partial charge is 0.452 e. The van der Waals surface area contributed by atoms with Crippen molar-refractivity contribution in [2.24, 2.45) is 0 Å². The third kappa shape index (κ3) is 4.24. The monoisotopic (exact) mass is 392 g/mol. The zero-order chi connectivity index (χ0) is 21.0. The molecular weight excluding hydrogens is 372 g/mol. The van der Waals surface area contributed by atoms with Crippen LogP contribution >= 0.6 is 0 Å². The highest BCUT2D eigenvalue weighted by Gasteiger charge is 2.20. The van der Waals surface area contributed by atoms with Crippen molar-refractivity contribution in [2.75, 3.05) is 18.1 Å². The molecular formula is C22H20N2O5. The minimum Gasteiger partial charge on any atom is -0.452 e. The van der Waals surface area contributed by atoms with Crippen LogP contribution in [0.15, 0.2) is 60.7 Å². The quantitative estimate of drug-likeness (QED) is 0.355. The number of fused-ring (bicyclic) bond motifs is 1. The van der Waals surface area contributed by atoms with Crippen molar-refractivity contribution in [1.29, 1.82) is 0 Å². The van der Waals surface area contributed by atoms with E-state index in [1.54, 1.807) is 11.8 Å². The number of benzene rings is 3. The molecule has 0 atom stereocenters. The summed E-state index contributed by atoms with van der Waals surface area (Å²) >= 11 is 0. The standard InChI is InChI=1S/C22H20N2O5/c1-3-23(19-10-6-8-16-7-4-5-9-18(16)19)21(25)14-29-22(26)17-12-11-15(2)20(13-17)24(27)28/h4-13H,3,14H2,1-2H3. The number of ether oxygens (including phenoxy) is 1. The highest BCUT2D eigenvalue weighted by molar-refractivity contribution is 6.04.